The molecule has 1 aromatic carbocycles. The summed E-state index contributed by atoms with van der Waals surface area (Å²) in [5.41, 5.74) is 0.808. The molecule has 1 aliphatic heterocycles. The third kappa shape index (κ3) is 8.02. The molecule has 8 heteroatoms. The molecule has 0 N–H and O–H groups in total. The Morgan fingerprint density at radius 1 is 1.12 bits per heavy atom. The predicted molar refractivity (Wildman–Crippen MR) is 129 cm³/mol. The van der Waals surface area contributed by atoms with Gasteiger partial charge in [-0.25, -0.2) is 4.79 Å². The van der Waals surface area contributed by atoms with Gasteiger partial charge in [0.2, 0.25) is 5.91 Å². The van der Waals surface area contributed by atoms with Crippen molar-refractivity contribution in [2.45, 2.75) is 91.1 Å². The van der Waals surface area contributed by atoms with Gasteiger partial charge in [-0.15, -0.1) is 0 Å². The summed E-state index contributed by atoms with van der Waals surface area (Å²) < 4.78 is 5.73. The zero-order valence-electron chi connectivity index (χ0n) is 20.4. The molecule has 0 radical (unpaired) electrons. The van der Waals surface area contributed by atoms with Crippen LogP contribution in [0.15, 0.2) is 18.2 Å². The van der Waals surface area contributed by atoms with E-state index in [-0.39, 0.29) is 11.6 Å². The van der Waals surface area contributed by atoms with Crippen LogP contribution in [0.5, 0.6) is 0 Å². The summed E-state index contributed by atoms with van der Waals surface area (Å²) >= 11 is 0. The van der Waals surface area contributed by atoms with Crippen LogP contribution in [0.25, 0.3) is 0 Å². The standard InChI is InChI=1S/C25H39N3O5/c1-4-6-8-10-16-26(17-11-9-7-5-2)25(30)33-20(3)22-19-21(14-15-23(22)28(31)32)27-18-12-13-24(27)29/h14-15,19-20H,4-13,16-18H2,1-3H3. The number of benzene rings is 1. The van der Waals surface area contributed by atoms with Crippen LogP contribution in [0.3, 0.4) is 0 Å². The SMILES string of the molecule is CCCCCCN(CCCCCC)C(=O)OC(C)c1cc(N2CCCC2=O)ccc1[N+](=O)[O-]. The first-order chi connectivity index (χ1) is 15.9. The topological polar surface area (TPSA) is 93.0 Å². The molecule has 0 aromatic heterocycles. The van der Waals surface area contributed by atoms with Crippen molar-refractivity contribution < 1.29 is 19.2 Å². The van der Waals surface area contributed by atoms with Gasteiger partial charge in [-0.3, -0.25) is 14.9 Å². The molecule has 2 rings (SSSR count). The molecule has 0 saturated carbocycles. The van der Waals surface area contributed by atoms with Gasteiger partial charge in [0.05, 0.1) is 10.5 Å². The van der Waals surface area contributed by atoms with Crippen LogP contribution < -0.4 is 4.90 Å². The average molecular weight is 462 g/mol. The minimum atomic E-state index is -0.802. The van der Waals surface area contributed by atoms with Crippen molar-refractivity contribution in [3.63, 3.8) is 0 Å². The fraction of sp³-hybridized carbons (Fsp3) is 0.680. The summed E-state index contributed by atoms with van der Waals surface area (Å²) in [6.45, 7) is 7.80. The number of carbonyl (C=O) groups excluding carboxylic acids is 2. The van der Waals surface area contributed by atoms with Gasteiger partial charge in [-0.1, -0.05) is 52.4 Å². The van der Waals surface area contributed by atoms with Gasteiger partial charge in [0.25, 0.3) is 5.69 Å². The number of hydrogen-bond acceptors (Lipinski definition) is 5. The maximum atomic E-state index is 13.0. The van der Waals surface area contributed by atoms with E-state index in [1.165, 1.54) is 6.07 Å². The molecule has 1 heterocycles. The van der Waals surface area contributed by atoms with Gasteiger partial charge < -0.3 is 14.5 Å². The predicted octanol–water partition coefficient (Wildman–Crippen LogP) is 6.38. The van der Waals surface area contributed by atoms with Crippen molar-refractivity contribution in [1.82, 2.24) is 4.90 Å². The van der Waals surface area contributed by atoms with Crippen molar-refractivity contribution in [1.29, 1.82) is 0 Å². The van der Waals surface area contributed by atoms with Crippen molar-refractivity contribution in [3.05, 3.63) is 33.9 Å². The lowest BCUT2D eigenvalue weighted by molar-refractivity contribution is -0.386. The van der Waals surface area contributed by atoms with Crippen LogP contribution in [0, 0.1) is 10.1 Å². The lowest BCUT2D eigenvalue weighted by Crippen LogP contribution is -2.34. The Bertz CT molecular complexity index is 786. The number of nitro benzene ring substituents is 1. The average Bonchev–Trinajstić information content (AvgIpc) is 3.23. The summed E-state index contributed by atoms with van der Waals surface area (Å²) in [5.74, 6) is 0.00443. The maximum Gasteiger partial charge on any atom is 0.410 e. The summed E-state index contributed by atoms with van der Waals surface area (Å²) in [5, 5.41) is 11.6. The Labute approximate surface area is 197 Å². The van der Waals surface area contributed by atoms with Crippen molar-refractivity contribution in [2.75, 3.05) is 24.5 Å². The lowest BCUT2D eigenvalue weighted by Gasteiger charge is -2.25. The molecule has 1 aliphatic rings. The minimum absolute atomic E-state index is 0.00443. The highest BCUT2D eigenvalue weighted by Gasteiger charge is 2.28. The number of hydrogen-bond donors (Lipinski definition) is 0. The smallest absolute Gasteiger partial charge is 0.410 e. The van der Waals surface area contributed by atoms with E-state index < -0.39 is 17.1 Å². The summed E-state index contributed by atoms with van der Waals surface area (Å²) in [7, 11) is 0. The van der Waals surface area contributed by atoms with Crippen molar-refractivity contribution in [3.8, 4) is 0 Å². The van der Waals surface area contributed by atoms with E-state index in [1.807, 2.05) is 0 Å². The largest absolute Gasteiger partial charge is 0.441 e. The van der Waals surface area contributed by atoms with Crippen molar-refractivity contribution >= 4 is 23.4 Å². The highest BCUT2D eigenvalue weighted by atomic mass is 16.6. The fourth-order valence-corrected chi connectivity index (χ4v) is 4.17. The fourth-order valence-electron chi connectivity index (χ4n) is 4.17. The van der Waals surface area contributed by atoms with Gasteiger partial charge in [0.1, 0.15) is 6.10 Å². The first-order valence-corrected chi connectivity index (χ1v) is 12.4. The number of ether oxygens (including phenoxy) is 1. The van der Waals surface area contributed by atoms with Crippen LogP contribution in [-0.2, 0) is 9.53 Å². The van der Waals surface area contributed by atoms with Crippen LogP contribution >= 0.6 is 0 Å². The number of carbonyl (C=O) groups is 2. The molecular formula is C25H39N3O5. The number of nitrogens with zero attached hydrogens (tertiary/aromatic N) is 3. The molecule has 1 aromatic rings. The summed E-state index contributed by atoms with van der Waals surface area (Å²) in [6.07, 6.45) is 8.45. The summed E-state index contributed by atoms with van der Waals surface area (Å²) in [6, 6.07) is 4.60. The highest BCUT2D eigenvalue weighted by Crippen LogP contribution is 2.33. The van der Waals surface area contributed by atoms with Gasteiger partial charge >= 0.3 is 6.09 Å². The van der Waals surface area contributed by atoms with Crippen LogP contribution in [0.2, 0.25) is 0 Å². The maximum absolute atomic E-state index is 13.0. The zero-order valence-corrected chi connectivity index (χ0v) is 20.4. The highest BCUT2D eigenvalue weighted by molar-refractivity contribution is 5.95. The molecule has 1 saturated heterocycles. The first kappa shape index (κ1) is 26.6. The Balaban J connectivity index is 2.13. The molecule has 0 aliphatic carbocycles. The molecular weight excluding hydrogens is 422 g/mol. The normalized spacial score (nSPS) is 14.4. The number of nitro groups is 1. The molecule has 33 heavy (non-hydrogen) atoms. The molecule has 0 spiro atoms. The second kappa shape index (κ2) is 13.8. The molecule has 184 valence electrons. The zero-order chi connectivity index (χ0) is 24.2. The minimum Gasteiger partial charge on any atom is -0.441 e. The van der Waals surface area contributed by atoms with E-state index in [1.54, 1.807) is 28.9 Å². The quantitative estimate of drug-likeness (QED) is 0.182. The van der Waals surface area contributed by atoms with Gasteiger partial charge in [0.15, 0.2) is 0 Å². The Kier molecular flexibility index (Phi) is 11.1. The number of anilines is 1. The summed E-state index contributed by atoms with van der Waals surface area (Å²) in [4.78, 5) is 39.7. The van der Waals surface area contributed by atoms with E-state index in [2.05, 4.69) is 13.8 Å². The second-order valence-electron chi connectivity index (χ2n) is 8.78. The number of unbranched alkanes of at least 4 members (excludes halogenated alkanes) is 6. The van der Waals surface area contributed by atoms with E-state index in [0.29, 0.717) is 37.3 Å². The second-order valence-corrected chi connectivity index (χ2v) is 8.78. The van der Waals surface area contributed by atoms with E-state index in [0.717, 1.165) is 57.8 Å². The van der Waals surface area contributed by atoms with Crippen LogP contribution in [-0.4, -0.2) is 41.5 Å². The third-order valence-corrected chi connectivity index (χ3v) is 6.13. The molecule has 0 bridgehead atoms. The molecule has 8 nitrogen and oxygen atoms in total. The van der Waals surface area contributed by atoms with Gasteiger partial charge in [0, 0.05) is 37.8 Å². The molecule has 1 atom stereocenters. The van der Waals surface area contributed by atoms with Crippen LogP contribution in [0.4, 0.5) is 16.2 Å². The molecule has 2 amide bonds. The van der Waals surface area contributed by atoms with E-state index in [9.17, 15) is 19.7 Å². The van der Waals surface area contributed by atoms with E-state index in [4.69, 9.17) is 4.74 Å². The van der Waals surface area contributed by atoms with Gasteiger partial charge in [-0.05, 0) is 38.3 Å². The Hall–Kier alpha value is -2.64. The molecule has 1 unspecified atom stereocenters. The number of amides is 2. The third-order valence-electron chi connectivity index (χ3n) is 6.13. The monoisotopic (exact) mass is 461 g/mol. The van der Waals surface area contributed by atoms with Crippen molar-refractivity contribution in [2.24, 2.45) is 0 Å². The Morgan fingerprint density at radius 2 is 1.76 bits per heavy atom. The van der Waals surface area contributed by atoms with Crippen LogP contribution in [0.1, 0.15) is 96.6 Å². The first-order valence-electron chi connectivity index (χ1n) is 12.4. The van der Waals surface area contributed by atoms with E-state index >= 15 is 0 Å². The number of rotatable bonds is 14. The lowest BCUT2D eigenvalue weighted by atomic mass is 10.1. The molecule has 1 fully saturated rings. The Morgan fingerprint density at radius 3 is 2.27 bits per heavy atom. The van der Waals surface area contributed by atoms with Gasteiger partial charge in [-0.2, -0.15) is 0 Å².